The van der Waals surface area contributed by atoms with Crippen molar-refractivity contribution in [3.05, 3.63) is 0 Å². The monoisotopic (exact) mass is 112 g/mol. The normalized spacial score (nSPS) is 52.9. The van der Waals surface area contributed by atoms with Crippen LogP contribution in [-0.4, -0.2) is 19.1 Å². The molecule has 2 rings (SSSR count). The zero-order chi connectivity index (χ0) is 5.56. The third kappa shape index (κ3) is 0.446. The van der Waals surface area contributed by atoms with E-state index in [1.165, 1.54) is 19.5 Å². The van der Waals surface area contributed by atoms with E-state index in [9.17, 15) is 0 Å². The lowest BCUT2D eigenvalue weighted by Gasteiger charge is -2.36. The molecule has 8 heavy (non-hydrogen) atoms. The summed E-state index contributed by atoms with van der Waals surface area (Å²) in [5, 5.41) is 3.33. The Bertz CT molecular complexity index is 103. The molecule has 0 amide bonds. The molecule has 1 saturated carbocycles. The molecule has 0 unspecified atom stereocenters. The Hall–Kier alpha value is -0.0800. The van der Waals surface area contributed by atoms with Crippen LogP contribution >= 0.6 is 0 Å². The number of nitrogens with two attached hydrogens (primary N) is 1. The summed E-state index contributed by atoms with van der Waals surface area (Å²) in [5.41, 5.74) is 5.72. The molecule has 1 aliphatic carbocycles. The van der Waals surface area contributed by atoms with Gasteiger partial charge >= 0.3 is 0 Å². The van der Waals surface area contributed by atoms with Crippen molar-refractivity contribution in [2.45, 2.75) is 12.5 Å². The summed E-state index contributed by atoms with van der Waals surface area (Å²) in [6, 6.07) is 0.523. The Labute approximate surface area is 49.4 Å². The van der Waals surface area contributed by atoms with Crippen LogP contribution in [0.2, 0.25) is 0 Å². The van der Waals surface area contributed by atoms with Gasteiger partial charge in [-0.2, -0.15) is 0 Å². The highest BCUT2D eigenvalue weighted by Gasteiger charge is 2.41. The quantitative estimate of drug-likeness (QED) is 0.445. The molecule has 0 spiro atoms. The third-order valence-corrected chi connectivity index (χ3v) is 2.52. The van der Waals surface area contributed by atoms with E-state index < -0.39 is 0 Å². The molecule has 3 N–H and O–H groups in total. The number of fused-ring (bicyclic) bond motifs is 1. The lowest BCUT2D eigenvalue weighted by atomic mass is 9.72. The minimum Gasteiger partial charge on any atom is -0.327 e. The van der Waals surface area contributed by atoms with E-state index in [-0.39, 0.29) is 0 Å². The lowest BCUT2D eigenvalue weighted by molar-refractivity contribution is 0.194. The maximum Gasteiger partial charge on any atom is 0.00856 e. The van der Waals surface area contributed by atoms with Gasteiger partial charge < -0.3 is 11.1 Å². The molecule has 1 heterocycles. The molecule has 1 aliphatic heterocycles. The zero-order valence-corrected chi connectivity index (χ0v) is 4.93. The molecule has 2 nitrogen and oxygen atoms in total. The van der Waals surface area contributed by atoms with Crippen LogP contribution in [0, 0.1) is 11.8 Å². The Morgan fingerprint density at radius 2 is 2.25 bits per heavy atom. The van der Waals surface area contributed by atoms with Crippen molar-refractivity contribution in [3.63, 3.8) is 0 Å². The Balaban J connectivity index is 2.02. The highest BCUT2D eigenvalue weighted by Crippen LogP contribution is 2.35. The van der Waals surface area contributed by atoms with E-state index >= 15 is 0 Å². The smallest absolute Gasteiger partial charge is 0.00856 e. The van der Waals surface area contributed by atoms with E-state index in [0.29, 0.717) is 6.04 Å². The van der Waals surface area contributed by atoms with Crippen LogP contribution in [-0.2, 0) is 0 Å². The average Bonchev–Trinajstić information content (AvgIpc) is 2.09. The van der Waals surface area contributed by atoms with Gasteiger partial charge in [-0.1, -0.05) is 0 Å². The number of rotatable bonds is 0. The fraction of sp³-hybridized carbons (Fsp3) is 1.00. The molecule has 0 bridgehead atoms. The summed E-state index contributed by atoms with van der Waals surface area (Å²) in [4.78, 5) is 0. The molecule has 2 heteroatoms. The van der Waals surface area contributed by atoms with Gasteiger partial charge in [-0.15, -0.1) is 0 Å². The van der Waals surface area contributed by atoms with Crippen LogP contribution < -0.4 is 11.1 Å². The predicted octanol–water partition coefficient (Wildman–Crippen LogP) is -0.447. The second-order valence-corrected chi connectivity index (χ2v) is 2.98. The predicted molar refractivity (Wildman–Crippen MR) is 32.4 cm³/mol. The van der Waals surface area contributed by atoms with Crippen molar-refractivity contribution in [2.24, 2.45) is 17.6 Å². The van der Waals surface area contributed by atoms with E-state index in [2.05, 4.69) is 5.32 Å². The molecule has 1 saturated heterocycles. The second-order valence-electron chi connectivity index (χ2n) is 2.98. The first-order chi connectivity index (χ1) is 3.88. The van der Waals surface area contributed by atoms with Crippen molar-refractivity contribution < 1.29 is 0 Å². The molecule has 2 fully saturated rings. The van der Waals surface area contributed by atoms with Crippen LogP contribution in [0.4, 0.5) is 0 Å². The van der Waals surface area contributed by atoms with Gasteiger partial charge in [0.15, 0.2) is 0 Å². The molecule has 46 valence electrons. The number of hydrogen-bond acceptors (Lipinski definition) is 2. The van der Waals surface area contributed by atoms with Crippen molar-refractivity contribution in [1.29, 1.82) is 0 Å². The Morgan fingerprint density at radius 3 is 2.75 bits per heavy atom. The third-order valence-electron chi connectivity index (χ3n) is 2.52. The molecular formula is C6H12N2. The highest BCUT2D eigenvalue weighted by atomic mass is 15.0. The van der Waals surface area contributed by atoms with Crippen LogP contribution in [0.1, 0.15) is 6.42 Å². The average molecular weight is 112 g/mol. The molecular weight excluding hydrogens is 100 g/mol. The fourth-order valence-corrected chi connectivity index (χ4v) is 1.84. The minimum absolute atomic E-state index is 0.523. The van der Waals surface area contributed by atoms with Gasteiger partial charge in [-0.05, 0) is 31.3 Å². The van der Waals surface area contributed by atoms with E-state index in [1.807, 2.05) is 0 Å². The lowest BCUT2D eigenvalue weighted by Crippen LogP contribution is -2.46. The Morgan fingerprint density at radius 1 is 1.38 bits per heavy atom. The van der Waals surface area contributed by atoms with E-state index in [0.717, 1.165) is 11.8 Å². The van der Waals surface area contributed by atoms with Gasteiger partial charge in [0.1, 0.15) is 0 Å². The first kappa shape index (κ1) is 4.77. The largest absolute Gasteiger partial charge is 0.327 e. The molecule has 0 radical (unpaired) electrons. The van der Waals surface area contributed by atoms with Gasteiger partial charge in [-0.3, -0.25) is 0 Å². The van der Waals surface area contributed by atoms with Gasteiger partial charge in [0.05, 0.1) is 0 Å². The summed E-state index contributed by atoms with van der Waals surface area (Å²) in [5.74, 6) is 1.76. The summed E-state index contributed by atoms with van der Waals surface area (Å²) >= 11 is 0. The molecule has 0 aromatic carbocycles. The van der Waals surface area contributed by atoms with E-state index in [4.69, 9.17) is 5.73 Å². The topological polar surface area (TPSA) is 38.0 Å². The minimum atomic E-state index is 0.523. The second kappa shape index (κ2) is 1.45. The molecule has 3 atom stereocenters. The fourth-order valence-electron chi connectivity index (χ4n) is 1.84. The maximum absolute atomic E-state index is 5.72. The standard InChI is InChI=1S/C6H12N2/c7-6-1-4-2-8-3-5(4)6/h4-6,8H,1-3,7H2/t4-,5-,6-/m1/s1. The molecule has 0 aromatic heterocycles. The van der Waals surface area contributed by atoms with Crippen molar-refractivity contribution >= 4 is 0 Å². The van der Waals surface area contributed by atoms with Gasteiger partial charge in [0.25, 0.3) is 0 Å². The van der Waals surface area contributed by atoms with Crippen molar-refractivity contribution in [2.75, 3.05) is 13.1 Å². The molecule has 0 aromatic rings. The summed E-state index contributed by atoms with van der Waals surface area (Å²) in [7, 11) is 0. The van der Waals surface area contributed by atoms with Crippen LogP contribution in [0.15, 0.2) is 0 Å². The summed E-state index contributed by atoms with van der Waals surface area (Å²) in [6.45, 7) is 2.39. The molecule has 2 aliphatic rings. The Kier molecular flexibility index (Phi) is 0.866. The van der Waals surface area contributed by atoms with Crippen LogP contribution in [0.5, 0.6) is 0 Å². The van der Waals surface area contributed by atoms with Gasteiger partial charge in [0.2, 0.25) is 0 Å². The van der Waals surface area contributed by atoms with Crippen LogP contribution in [0.3, 0.4) is 0 Å². The van der Waals surface area contributed by atoms with E-state index in [1.54, 1.807) is 0 Å². The highest BCUT2D eigenvalue weighted by molar-refractivity contribution is 4.98. The van der Waals surface area contributed by atoms with Crippen molar-refractivity contribution in [1.82, 2.24) is 5.32 Å². The summed E-state index contributed by atoms with van der Waals surface area (Å²) < 4.78 is 0. The maximum atomic E-state index is 5.72. The number of nitrogens with one attached hydrogen (secondary N) is 1. The first-order valence-corrected chi connectivity index (χ1v) is 3.34. The summed E-state index contributed by atoms with van der Waals surface area (Å²) in [6.07, 6.45) is 1.26. The van der Waals surface area contributed by atoms with Gasteiger partial charge in [-0.25, -0.2) is 0 Å². The van der Waals surface area contributed by atoms with Gasteiger partial charge in [0, 0.05) is 6.04 Å². The van der Waals surface area contributed by atoms with Crippen LogP contribution in [0.25, 0.3) is 0 Å². The SMILES string of the molecule is N[C@@H]1C[C@@H]2CNC[C@H]21. The first-order valence-electron chi connectivity index (χ1n) is 3.34. The van der Waals surface area contributed by atoms with Crippen molar-refractivity contribution in [3.8, 4) is 0 Å². The zero-order valence-electron chi connectivity index (χ0n) is 4.93. The number of hydrogen-bond donors (Lipinski definition) is 2.